The Bertz CT molecular complexity index is 764. The molecule has 0 spiro atoms. The smallest absolute Gasteiger partial charge is 0.249 e. The Kier molecular flexibility index (Phi) is 3.66. The van der Waals surface area contributed by atoms with Crippen molar-refractivity contribution in [1.29, 1.82) is 0 Å². The molecule has 4 N–H and O–H groups in total. The summed E-state index contributed by atoms with van der Waals surface area (Å²) in [6, 6.07) is 7.16. The maximum Gasteiger partial charge on any atom is 0.249 e. The van der Waals surface area contributed by atoms with Crippen LogP contribution in [0.25, 0.3) is 0 Å². The lowest BCUT2D eigenvalue weighted by Crippen LogP contribution is -2.22. The fourth-order valence-corrected chi connectivity index (χ4v) is 3.56. The van der Waals surface area contributed by atoms with E-state index in [9.17, 15) is 9.59 Å². The Hall–Kier alpha value is -1.92. The van der Waals surface area contributed by atoms with Gasteiger partial charge in [-0.1, -0.05) is 0 Å². The zero-order chi connectivity index (χ0) is 16.0. The van der Waals surface area contributed by atoms with Crippen molar-refractivity contribution in [3.63, 3.8) is 0 Å². The molecular weight excluding hydrogens is 316 g/mol. The van der Waals surface area contributed by atoms with Gasteiger partial charge in [0.1, 0.15) is 0 Å². The number of hydrogen-bond acceptors (Lipinski definition) is 4. The Morgan fingerprint density at radius 1 is 0.773 bits per heavy atom. The number of primary amides is 2. The number of carbonyl (C=O) groups is 2. The molecule has 1 aliphatic rings. The molecule has 0 saturated carbocycles. The molecule has 112 valence electrons. The van der Waals surface area contributed by atoms with Gasteiger partial charge >= 0.3 is 0 Å². The molecule has 0 saturated heterocycles. The molecule has 0 fully saturated rings. The zero-order valence-electron chi connectivity index (χ0n) is 11.6. The highest BCUT2D eigenvalue weighted by Crippen LogP contribution is 2.34. The van der Waals surface area contributed by atoms with E-state index in [2.05, 4.69) is 25.3 Å². The number of thiol groups is 2. The average Bonchev–Trinajstić information content (AvgIpc) is 2.43. The minimum atomic E-state index is -0.498. The van der Waals surface area contributed by atoms with E-state index in [0.29, 0.717) is 33.8 Å². The maximum atomic E-state index is 11.7. The molecule has 0 aromatic heterocycles. The van der Waals surface area contributed by atoms with Crippen LogP contribution in [0, 0.1) is 0 Å². The van der Waals surface area contributed by atoms with Gasteiger partial charge < -0.3 is 11.5 Å². The van der Waals surface area contributed by atoms with Crippen molar-refractivity contribution in [2.24, 2.45) is 11.5 Å². The third-order valence-electron chi connectivity index (χ3n) is 3.92. The molecule has 22 heavy (non-hydrogen) atoms. The summed E-state index contributed by atoms with van der Waals surface area (Å²) in [4.78, 5) is 24.8. The topological polar surface area (TPSA) is 86.2 Å². The normalized spacial score (nSPS) is 12.5. The van der Waals surface area contributed by atoms with E-state index in [1.807, 2.05) is 12.1 Å². The lowest BCUT2D eigenvalue weighted by molar-refractivity contribution is 0.0992. The number of nitrogens with two attached hydrogens (primary N) is 2. The van der Waals surface area contributed by atoms with Gasteiger partial charge in [-0.05, 0) is 59.4 Å². The van der Waals surface area contributed by atoms with Crippen molar-refractivity contribution < 1.29 is 9.59 Å². The zero-order valence-corrected chi connectivity index (χ0v) is 13.4. The quantitative estimate of drug-likeness (QED) is 0.541. The summed E-state index contributed by atoms with van der Waals surface area (Å²) in [5.41, 5.74) is 15.5. The Balaban J connectivity index is 2.22. The second kappa shape index (κ2) is 5.37. The van der Waals surface area contributed by atoms with Crippen LogP contribution in [0.1, 0.15) is 43.0 Å². The van der Waals surface area contributed by atoms with Crippen molar-refractivity contribution in [3.8, 4) is 0 Å². The molecule has 0 bridgehead atoms. The Morgan fingerprint density at radius 2 is 1.18 bits per heavy atom. The number of rotatable bonds is 2. The van der Waals surface area contributed by atoms with Crippen molar-refractivity contribution in [2.45, 2.75) is 22.6 Å². The van der Waals surface area contributed by atoms with Crippen LogP contribution in [0.5, 0.6) is 0 Å². The lowest BCUT2D eigenvalue weighted by Gasteiger charge is -2.24. The van der Waals surface area contributed by atoms with Gasteiger partial charge in [0, 0.05) is 20.9 Å². The van der Waals surface area contributed by atoms with E-state index in [4.69, 9.17) is 11.5 Å². The summed E-state index contributed by atoms with van der Waals surface area (Å²) >= 11 is 8.66. The van der Waals surface area contributed by atoms with Gasteiger partial charge in [0.05, 0.1) is 0 Å². The predicted molar refractivity (Wildman–Crippen MR) is 90.0 cm³/mol. The Labute approximate surface area is 138 Å². The summed E-state index contributed by atoms with van der Waals surface area (Å²) in [5, 5.41) is 0. The molecule has 0 aliphatic heterocycles. The number of carbonyl (C=O) groups excluding carboxylic acids is 2. The van der Waals surface area contributed by atoms with Crippen LogP contribution in [0.4, 0.5) is 0 Å². The third kappa shape index (κ3) is 2.48. The van der Waals surface area contributed by atoms with Gasteiger partial charge in [-0.25, -0.2) is 0 Å². The highest BCUT2D eigenvalue weighted by atomic mass is 32.1. The first-order valence-electron chi connectivity index (χ1n) is 6.66. The fraction of sp³-hybridized carbons (Fsp3) is 0.125. The van der Waals surface area contributed by atoms with Crippen LogP contribution in [0.15, 0.2) is 34.1 Å². The van der Waals surface area contributed by atoms with Crippen LogP contribution < -0.4 is 11.5 Å². The molecule has 1 aliphatic carbocycles. The van der Waals surface area contributed by atoms with E-state index in [1.54, 1.807) is 12.1 Å². The first kappa shape index (κ1) is 15.0. The molecular formula is C16H14N2O2S2. The summed E-state index contributed by atoms with van der Waals surface area (Å²) in [7, 11) is 0. The SMILES string of the molecule is NC(=O)c1cc(S)cc2c1Cc1c(cc(S)cc1C(N)=O)C2. The van der Waals surface area contributed by atoms with Gasteiger partial charge in [-0.3, -0.25) is 9.59 Å². The summed E-state index contributed by atoms with van der Waals surface area (Å²) in [6.45, 7) is 0. The predicted octanol–water partition coefficient (Wildman–Crippen LogP) is 1.96. The molecule has 3 rings (SSSR count). The fourth-order valence-electron chi connectivity index (χ4n) is 2.99. The van der Waals surface area contributed by atoms with Gasteiger partial charge in [0.15, 0.2) is 0 Å². The van der Waals surface area contributed by atoms with Crippen LogP contribution in [0.3, 0.4) is 0 Å². The molecule has 4 nitrogen and oxygen atoms in total. The molecule has 6 heteroatoms. The standard InChI is InChI=1S/C16H14N2O2S2/c17-15(19)13-4-9(21)2-7-1-8-3-10(22)5-14(16(18)20)12(8)6-11(7)13/h2-5,21-22H,1,6H2,(H2,17,19)(H2,18,20). The largest absolute Gasteiger partial charge is 0.366 e. The van der Waals surface area contributed by atoms with E-state index < -0.39 is 11.8 Å². The number of fused-ring (bicyclic) bond motifs is 2. The summed E-state index contributed by atoms with van der Waals surface area (Å²) in [6.07, 6.45) is 1.04. The highest BCUT2D eigenvalue weighted by Gasteiger charge is 2.24. The monoisotopic (exact) mass is 330 g/mol. The maximum absolute atomic E-state index is 11.7. The third-order valence-corrected chi connectivity index (χ3v) is 4.44. The minimum absolute atomic E-state index is 0.443. The Morgan fingerprint density at radius 3 is 1.55 bits per heavy atom. The minimum Gasteiger partial charge on any atom is -0.366 e. The van der Waals surface area contributed by atoms with Crippen LogP contribution in [-0.4, -0.2) is 11.8 Å². The second-order valence-corrected chi connectivity index (χ2v) is 6.38. The number of benzene rings is 2. The van der Waals surface area contributed by atoms with E-state index in [-0.39, 0.29) is 0 Å². The van der Waals surface area contributed by atoms with Crippen molar-refractivity contribution in [1.82, 2.24) is 0 Å². The van der Waals surface area contributed by atoms with Crippen LogP contribution >= 0.6 is 25.3 Å². The first-order valence-corrected chi connectivity index (χ1v) is 7.55. The van der Waals surface area contributed by atoms with E-state index in [0.717, 1.165) is 22.3 Å². The molecule has 0 unspecified atom stereocenters. The summed E-state index contributed by atoms with van der Waals surface area (Å²) < 4.78 is 0. The van der Waals surface area contributed by atoms with Crippen LogP contribution in [-0.2, 0) is 12.8 Å². The van der Waals surface area contributed by atoms with Crippen LogP contribution in [0.2, 0.25) is 0 Å². The molecule has 2 aromatic carbocycles. The molecule has 0 heterocycles. The average molecular weight is 330 g/mol. The van der Waals surface area contributed by atoms with Gasteiger partial charge in [-0.2, -0.15) is 0 Å². The molecule has 2 amide bonds. The molecule has 2 aromatic rings. The number of hydrogen-bond donors (Lipinski definition) is 4. The lowest BCUT2D eigenvalue weighted by atomic mass is 9.81. The number of amides is 2. The van der Waals surface area contributed by atoms with Gasteiger partial charge in [0.25, 0.3) is 0 Å². The summed E-state index contributed by atoms with van der Waals surface area (Å²) in [5.74, 6) is -0.996. The second-order valence-electron chi connectivity index (χ2n) is 5.34. The van der Waals surface area contributed by atoms with Crippen molar-refractivity contribution in [3.05, 3.63) is 57.6 Å². The highest BCUT2D eigenvalue weighted by molar-refractivity contribution is 7.80. The van der Waals surface area contributed by atoms with Gasteiger partial charge in [0.2, 0.25) is 11.8 Å². The molecule has 0 radical (unpaired) electrons. The van der Waals surface area contributed by atoms with E-state index >= 15 is 0 Å². The van der Waals surface area contributed by atoms with Crippen molar-refractivity contribution >= 4 is 37.1 Å². The first-order chi connectivity index (χ1) is 10.4. The van der Waals surface area contributed by atoms with Gasteiger partial charge in [-0.15, -0.1) is 25.3 Å². The van der Waals surface area contributed by atoms with Crippen molar-refractivity contribution in [2.75, 3.05) is 0 Å². The van der Waals surface area contributed by atoms with E-state index in [1.165, 1.54) is 0 Å². The molecule has 0 atom stereocenters.